The Hall–Kier alpha value is -4.22. The van der Waals surface area contributed by atoms with Crippen LogP contribution in [0.25, 0.3) is 0 Å². The first-order valence-corrected chi connectivity index (χ1v) is 13.6. The molecule has 11 nitrogen and oxygen atoms in total. The molecule has 0 spiro atoms. The number of benzene rings is 2. The lowest BCUT2D eigenvalue weighted by atomic mass is 9.49. The summed E-state index contributed by atoms with van der Waals surface area (Å²) in [6.07, 6.45) is -1.69. The molecule has 4 N–H and O–H groups in total. The van der Waals surface area contributed by atoms with Crippen molar-refractivity contribution in [1.29, 1.82) is 0 Å². The van der Waals surface area contributed by atoms with Crippen LogP contribution in [0.3, 0.4) is 0 Å². The Morgan fingerprint density at radius 3 is 2.26 bits per heavy atom. The number of nitrogens with zero attached hydrogens (tertiary/aromatic N) is 1. The molecule has 0 aromatic heterocycles. The van der Waals surface area contributed by atoms with Gasteiger partial charge < -0.3 is 20.7 Å². The topological polar surface area (TPSA) is 181 Å². The number of hydrogen-bond donors (Lipinski definition) is 3. The summed E-state index contributed by atoms with van der Waals surface area (Å²) in [4.78, 5) is 82.5. The van der Waals surface area contributed by atoms with Crippen molar-refractivity contribution in [3.8, 4) is 5.75 Å². The lowest BCUT2D eigenvalue weighted by Gasteiger charge is -2.56. The van der Waals surface area contributed by atoms with Gasteiger partial charge in [0, 0.05) is 5.92 Å². The summed E-state index contributed by atoms with van der Waals surface area (Å²) >= 11 is 0. The van der Waals surface area contributed by atoms with E-state index in [-0.39, 0.29) is 17.7 Å². The number of aromatic hydroxyl groups is 1. The lowest BCUT2D eigenvalue weighted by Crippen LogP contribution is -2.78. The standard InChI is InChI=1S/C31H32N2O9/c1-13-8-10-15(11-9-13)12-18(35)42-27-19-14(2)16-6-5-7-17(34)20(16)25(36)21(19)28(38)31(41)23(27)24(33(3)4)26(37)22(29(31)39)30(32)40/h5-11,14,19,21-24,27,34,41H,12H2,1-4H3,(H2,32,40)/t14-,19+,21?,22?,23+,24-,27-,31-/m1/s1. The molecule has 42 heavy (non-hydrogen) atoms. The number of aliphatic hydroxyl groups is 1. The highest BCUT2D eigenvalue weighted by Gasteiger charge is 2.74. The maximum atomic E-state index is 14.2. The van der Waals surface area contributed by atoms with E-state index >= 15 is 0 Å². The summed E-state index contributed by atoms with van der Waals surface area (Å²) in [5, 5.41) is 22.6. The number of amides is 1. The van der Waals surface area contributed by atoms with E-state index in [4.69, 9.17) is 10.5 Å². The van der Waals surface area contributed by atoms with Crippen molar-refractivity contribution in [2.24, 2.45) is 29.4 Å². The largest absolute Gasteiger partial charge is 0.507 e. The van der Waals surface area contributed by atoms with E-state index < -0.39 is 82.3 Å². The van der Waals surface area contributed by atoms with Gasteiger partial charge in [-0.05, 0) is 44.1 Å². The zero-order valence-corrected chi connectivity index (χ0v) is 23.6. The van der Waals surface area contributed by atoms with Gasteiger partial charge in [0.15, 0.2) is 34.7 Å². The first-order valence-electron chi connectivity index (χ1n) is 13.6. The van der Waals surface area contributed by atoms with E-state index in [1.807, 2.05) is 19.1 Å². The summed E-state index contributed by atoms with van der Waals surface area (Å²) in [6.45, 7) is 3.57. The zero-order valence-electron chi connectivity index (χ0n) is 23.6. The minimum Gasteiger partial charge on any atom is -0.507 e. The number of hydrogen-bond acceptors (Lipinski definition) is 10. The third-order valence-corrected chi connectivity index (χ3v) is 9.06. The van der Waals surface area contributed by atoms with E-state index in [1.165, 1.54) is 31.1 Å². The molecule has 1 amide bonds. The number of ether oxygens (including phenoxy) is 1. The number of fused-ring (bicyclic) bond motifs is 3. The average Bonchev–Trinajstić information content (AvgIpc) is 2.91. The molecule has 0 aliphatic heterocycles. The monoisotopic (exact) mass is 576 g/mol. The predicted molar refractivity (Wildman–Crippen MR) is 146 cm³/mol. The minimum atomic E-state index is -3.06. The van der Waals surface area contributed by atoms with Gasteiger partial charge in [-0.1, -0.05) is 48.9 Å². The number of Topliss-reactive ketones (excluding diaryl/α,β-unsaturated/α-hetero) is 4. The number of primary amides is 1. The van der Waals surface area contributed by atoms with Gasteiger partial charge in [0.1, 0.15) is 11.9 Å². The van der Waals surface area contributed by atoms with Crippen LogP contribution in [-0.2, 0) is 35.1 Å². The van der Waals surface area contributed by atoms with E-state index in [1.54, 1.807) is 25.1 Å². The Balaban J connectivity index is 1.70. The highest BCUT2D eigenvalue weighted by Crippen LogP contribution is 2.55. The van der Waals surface area contributed by atoms with Gasteiger partial charge in [0.05, 0.1) is 29.9 Å². The van der Waals surface area contributed by atoms with E-state index in [2.05, 4.69) is 0 Å². The molecule has 0 heterocycles. The number of aryl methyl sites for hydroxylation is 1. The van der Waals surface area contributed by atoms with Gasteiger partial charge in [-0.2, -0.15) is 0 Å². The Morgan fingerprint density at radius 2 is 1.67 bits per heavy atom. The third kappa shape index (κ3) is 4.18. The minimum absolute atomic E-state index is 0.138. The number of likely N-dealkylation sites (N-methyl/N-ethyl adjacent to an activating group) is 1. The quantitative estimate of drug-likeness (QED) is 0.335. The van der Waals surface area contributed by atoms with Gasteiger partial charge in [0.25, 0.3) is 0 Å². The number of phenols is 1. The van der Waals surface area contributed by atoms with Crippen LogP contribution in [0, 0.1) is 30.6 Å². The van der Waals surface area contributed by atoms with Crippen molar-refractivity contribution < 1.29 is 43.7 Å². The molecule has 2 fully saturated rings. The molecule has 0 bridgehead atoms. The van der Waals surface area contributed by atoms with Crippen LogP contribution in [0.1, 0.15) is 39.9 Å². The maximum Gasteiger partial charge on any atom is 0.310 e. The summed E-state index contributed by atoms with van der Waals surface area (Å²) in [6, 6.07) is 10.1. The first kappa shape index (κ1) is 29.3. The van der Waals surface area contributed by atoms with Crippen molar-refractivity contribution >= 4 is 35.0 Å². The highest BCUT2D eigenvalue weighted by atomic mass is 16.5. The van der Waals surface area contributed by atoms with Crippen molar-refractivity contribution in [2.75, 3.05) is 14.1 Å². The predicted octanol–water partition coefficient (Wildman–Crippen LogP) is 0.501. The summed E-state index contributed by atoms with van der Waals surface area (Å²) < 4.78 is 6.00. The maximum absolute atomic E-state index is 14.2. The van der Waals surface area contributed by atoms with Crippen LogP contribution in [0.15, 0.2) is 42.5 Å². The number of ketones is 4. The second-order valence-electron chi connectivity index (χ2n) is 11.7. The molecule has 0 saturated heterocycles. The summed E-state index contributed by atoms with van der Waals surface area (Å²) in [7, 11) is 2.92. The fraction of sp³-hybridized carbons (Fsp3) is 0.419. The van der Waals surface area contributed by atoms with Gasteiger partial charge in [-0.3, -0.25) is 33.7 Å². The smallest absolute Gasteiger partial charge is 0.310 e. The van der Waals surface area contributed by atoms with E-state index in [0.717, 1.165) is 5.56 Å². The second-order valence-corrected chi connectivity index (χ2v) is 11.7. The van der Waals surface area contributed by atoms with Crippen LogP contribution in [-0.4, -0.2) is 82.0 Å². The van der Waals surface area contributed by atoms with Gasteiger partial charge >= 0.3 is 5.97 Å². The molecule has 0 radical (unpaired) electrons. The van der Waals surface area contributed by atoms with Crippen molar-refractivity contribution in [3.63, 3.8) is 0 Å². The first-order chi connectivity index (χ1) is 19.7. The van der Waals surface area contributed by atoms with Crippen LogP contribution in [0.4, 0.5) is 0 Å². The normalized spacial score (nSPS) is 32.2. The van der Waals surface area contributed by atoms with Gasteiger partial charge in [-0.25, -0.2) is 0 Å². The molecule has 3 aliphatic rings. The molecular weight excluding hydrogens is 544 g/mol. The number of nitrogens with two attached hydrogens (primary N) is 1. The van der Waals surface area contributed by atoms with Crippen LogP contribution in [0.2, 0.25) is 0 Å². The average molecular weight is 577 g/mol. The van der Waals surface area contributed by atoms with Crippen LogP contribution < -0.4 is 5.73 Å². The van der Waals surface area contributed by atoms with Crippen molar-refractivity contribution in [2.45, 2.75) is 43.9 Å². The van der Waals surface area contributed by atoms with Gasteiger partial charge in [0.2, 0.25) is 5.91 Å². The molecular formula is C31H32N2O9. The Morgan fingerprint density at radius 1 is 1.02 bits per heavy atom. The number of carbonyl (C=O) groups excluding carboxylic acids is 6. The molecule has 8 atom stereocenters. The number of carbonyl (C=O) groups is 6. The summed E-state index contributed by atoms with van der Waals surface area (Å²) in [5.74, 6) is -14.3. The SMILES string of the molecule is Cc1ccc(CC(=O)O[C@@H]2[C@@H]3C(C(=O)c4c(O)cccc4[C@H]3C)C(=O)[C@@]3(O)C(=O)C(C(N)=O)C(=O)[C@H](N(C)C)[C@@H]23)cc1. The molecule has 5 rings (SSSR count). The third-order valence-electron chi connectivity index (χ3n) is 9.06. The van der Waals surface area contributed by atoms with E-state index in [9.17, 15) is 39.0 Å². The van der Waals surface area contributed by atoms with Crippen molar-refractivity contribution in [3.05, 3.63) is 64.7 Å². The van der Waals surface area contributed by atoms with Crippen LogP contribution >= 0.6 is 0 Å². The Bertz CT molecular complexity index is 1530. The Labute approximate surface area is 241 Å². The highest BCUT2D eigenvalue weighted by molar-refractivity contribution is 6.32. The fourth-order valence-corrected chi connectivity index (χ4v) is 7.13. The molecule has 2 saturated carbocycles. The number of phenolic OH excluding ortho intramolecular Hbond substituents is 1. The van der Waals surface area contributed by atoms with Crippen molar-refractivity contribution in [1.82, 2.24) is 4.90 Å². The molecule has 2 aromatic rings. The number of rotatable bonds is 5. The van der Waals surface area contributed by atoms with E-state index in [0.29, 0.717) is 11.1 Å². The lowest BCUT2D eigenvalue weighted by molar-refractivity contribution is -0.205. The van der Waals surface area contributed by atoms with Crippen LogP contribution in [0.5, 0.6) is 5.75 Å². The molecule has 2 unspecified atom stereocenters. The molecule has 11 heteroatoms. The second kappa shape index (κ2) is 10.2. The molecule has 2 aromatic carbocycles. The molecule has 3 aliphatic carbocycles. The zero-order chi connectivity index (χ0) is 30.8. The van der Waals surface area contributed by atoms with Gasteiger partial charge in [-0.15, -0.1) is 0 Å². The Kier molecular flexibility index (Phi) is 7.14. The summed E-state index contributed by atoms with van der Waals surface area (Å²) in [5.41, 5.74) is 4.18. The molecule has 220 valence electrons. The fourth-order valence-electron chi connectivity index (χ4n) is 7.13. The number of esters is 1.